The van der Waals surface area contributed by atoms with Crippen molar-refractivity contribution in [2.45, 2.75) is 18.7 Å². The van der Waals surface area contributed by atoms with Crippen molar-refractivity contribution in [2.24, 2.45) is 5.73 Å². The van der Waals surface area contributed by atoms with Crippen LogP contribution in [0.2, 0.25) is 0 Å². The summed E-state index contributed by atoms with van der Waals surface area (Å²) in [7, 11) is -4.64. The van der Waals surface area contributed by atoms with E-state index < -0.39 is 38.0 Å². The topological polar surface area (TPSA) is 138 Å². The van der Waals surface area contributed by atoms with Crippen molar-refractivity contribution in [2.75, 3.05) is 0 Å². The maximum absolute atomic E-state index is 11.1. The lowest BCUT2D eigenvalue weighted by Crippen LogP contribution is -2.16. The average Bonchev–Trinajstić information content (AvgIpc) is 2.11. The number of carbonyl (C=O) groups is 1. The molecule has 17 heavy (non-hydrogen) atoms. The van der Waals surface area contributed by atoms with Crippen LogP contribution in [0.4, 0.5) is 0 Å². The van der Waals surface area contributed by atoms with E-state index in [1.54, 1.807) is 0 Å². The first-order valence-corrected chi connectivity index (χ1v) is 5.85. The molecule has 0 saturated heterocycles. The minimum Gasteiger partial charge on any atom is -0.504 e. The van der Waals surface area contributed by atoms with E-state index in [4.69, 9.17) is 10.3 Å². The largest absolute Gasteiger partial charge is 0.504 e. The lowest BCUT2D eigenvalue weighted by Gasteiger charge is -2.14. The molecule has 0 bridgehead atoms. The Morgan fingerprint density at radius 1 is 1.12 bits per heavy atom. The average molecular weight is 261 g/mol. The normalized spacial score (nSPS) is 11.5. The Hall–Kier alpha value is -1.80. The summed E-state index contributed by atoms with van der Waals surface area (Å²) in [5.41, 5.74) is 3.95. The van der Waals surface area contributed by atoms with Crippen molar-refractivity contribution in [1.29, 1.82) is 0 Å². The van der Waals surface area contributed by atoms with Crippen molar-refractivity contribution in [3.05, 3.63) is 16.7 Å². The van der Waals surface area contributed by atoms with E-state index in [1.807, 2.05) is 0 Å². The minimum absolute atomic E-state index is 0.215. The van der Waals surface area contributed by atoms with Crippen molar-refractivity contribution in [3.8, 4) is 11.5 Å². The molecule has 0 atom stereocenters. The Bertz CT molecular complexity index is 605. The summed E-state index contributed by atoms with van der Waals surface area (Å²) >= 11 is 0. The first kappa shape index (κ1) is 13.3. The Balaban J connectivity index is 3.95. The first-order chi connectivity index (χ1) is 7.59. The predicted molar refractivity (Wildman–Crippen MR) is 57.6 cm³/mol. The van der Waals surface area contributed by atoms with E-state index in [1.165, 1.54) is 13.8 Å². The molecule has 94 valence electrons. The van der Waals surface area contributed by atoms with Gasteiger partial charge in [-0.05, 0) is 19.4 Å². The van der Waals surface area contributed by atoms with Crippen LogP contribution in [0.15, 0.2) is 4.90 Å². The first-order valence-electron chi connectivity index (χ1n) is 4.41. The molecule has 0 heterocycles. The Morgan fingerprint density at radius 3 is 1.94 bits per heavy atom. The molecule has 0 aromatic heterocycles. The standard InChI is InChI=1S/C9H11NO6S/c1-3-5(9(10)13)7(12)6(11)4(2)8(3)17(14,15)16/h11-12H,1-2H3,(H2,10,13)(H,14,15,16). The second-order valence-electron chi connectivity index (χ2n) is 3.49. The lowest BCUT2D eigenvalue weighted by atomic mass is 10.0. The molecule has 0 aliphatic carbocycles. The molecular weight excluding hydrogens is 250 g/mol. The van der Waals surface area contributed by atoms with Crippen LogP contribution in [-0.4, -0.2) is 29.1 Å². The number of benzene rings is 1. The zero-order chi connectivity index (χ0) is 13.5. The summed E-state index contributed by atoms with van der Waals surface area (Å²) in [5.74, 6) is -2.72. The lowest BCUT2D eigenvalue weighted by molar-refractivity contribution is 0.0996. The van der Waals surface area contributed by atoms with Gasteiger partial charge in [0.2, 0.25) is 0 Å². The third-order valence-electron chi connectivity index (χ3n) is 2.38. The van der Waals surface area contributed by atoms with Crippen molar-refractivity contribution >= 4 is 16.0 Å². The summed E-state index contributed by atoms with van der Waals surface area (Å²) in [6.07, 6.45) is 0. The highest BCUT2D eigenvalue weighted by atomic mass is 32.2. The smallest absolute Gasteiger partial charge is 0.295 e. The van der Waals surface area contributed by atoms with Gasteiger partial charge < -0.3 is 15.9 Å². The summed E-state index contributed by atoms with van der Waals surface area (Å²) in [5, 5.41) is 19.0. The highest BCUT2D eigenvalue weighted by Crippen LogP contribution is 2.39. The van der Waals surface area contributed by atoms with Crippen molar-refractivity contribution in [1.82, 2.24) is 0 Å². The van der Waals surface area contributed by atoms with Gasteiger partial charge in [-0.25, -0.2) is 0 Å². The Labute approximate surface area is 97.2 Å². The van der Waals surface area contributed by atoms with E-state index in [9.17, 15) is 23.4 Å². The molecule has 0 aliphatic rings. The van der Waals surface area contributed by atoms with Crippen LogP contribution >= 0.6 is 0 Å². The van der Waals surface area contributed by atoms with Crippen LogP contribution in [0.25, 0.3) is 0 Å². The Kier molecular flexibility index (Phi) is 3.04. The van der Waals surface area contributed by atoms with Gasteiger partial charge in [-0.15, -0.1) is 0 Å². The second kappa shape index (κ2) is 3.90. The van der Waals surface area contributed by atoms with Crippen LogP contribution in [0.3, 0.4) is 0 Å². The molecule has 1 aromatic carbocycles. The van der Waals surface area contributed by atoms with E-state index in [0.717, 1.165) is 0 Å². The SMILES string of the molecule is Cc1c(O)c(O)c(C(N)=O)c(C)c1S(=O)(=O)O. The number of primary amides is 1. The number of hydrogen-bond donors (Lipinski definition) is 4. The molecule has 0 fully saturated rings. The van der Waals surface area contributed by atoms with Gasteiger partial charge in [-0.1, -0.05) is 0 Å². The molecule has 1 aromatic rings. The fourth-order valence-corrected chi connectivity index (χ4v) is 2.64. The fourth-order valence-electron chi connectivity index (χ4n) is 1.66. The summed E-state index contributed by atoms with van der Waals surface area (Å²) in [6, 6.07) is 0. The summed E-state index contributed by atoms with van der Waals surface area (Å²) in [6.45, 7) is 2.37. The van der Waals surface area contributed by atoms with Gasteiger partial charge in [0.25, 0.3) is 16.0 Å². The maximum atomic E-state index is 11.1. The molecule has 0 aliphatic heterocycles. The van der Waals surface area contributed by atoms with E-state index >= 15 is 0 Å². The van der Waals surface area contributed by atoms with Gasteiger partial charge in [0.15, 0.2) is 11.5 Å². The zero-order valence-corrected chi connectivity index (χ0v) is 9.87. The van der Waals surface area contributed by atoms with Gasteiger partial charge in [-0.3, -0.25) is 9.35 Å². The van der Waals surface area contributed by atoms with Crippen molar-refractivity contribution < 1.29 is 28.0 Å². The zero-order valence-electron chi connectivity index (χ0n) is 9.05. The van der Waals surface area contributed by atoms with Gasteiger partial charge >= 0.3 is 0 Å². The van der Waals surface area contributed by atoms with Crippen molar-refractivity contribution in [3.63, 3.8) is 0 Å². The predicted octanol–water partition coefficient (Wildman–Crippen LogP) is 0.0602. The number of hydrogen-bond acceptors (Lipinski definition) is 5. The maximum Gasteiger partial charge on any atom is 0.295 e. The molecule has 7 nitrogen and oxygen atoms in total. The molecule has 8 heteroatoms. The molecule has 0 unspecified atom stereocenters. The number of aromatic hydroxyl groups is 2. The molecular formula is C9H11NO6S. The van der Waals surface area contributed by atoms with E-state index in [2.05, 4.69) is 0 Å². The molecule has 0 radical (unpaired) electrons. The number of carbonyl (C=O) groups excluding carboxylic acids is 1. The van der Waals surface area contributed by atoms with Gasteiger partial charge in [0.1, 0.15) is 4.90 Å². The summed E-state index contributed by atoms with van der Waals surface area (Å²) in [4.78, 5) is 10.4. The van der Waals surface area contributed by atoms with Gasteiger partial charge in [0, 0.05) is 5.56 Å². The van der Waals surface area contributed by atoms with Crippen LogP contribution < -0.4 is 5.73 Å². The minimum atomic E-state index is -4.64. The van der Waals surface area contributed by atoms with Gasteiger partial charge in [0.05, 0.1) is 5.56 Å². The van der Waals surface area contributed by atoms with Crippen LogP contribution in [0, 0.1) is 13.8 Å². The van der Waals surface area contributed by atoms with Crippen LogP contribution in [0.1, 0.15) is 21.5 Å². The number of nitrogens with two attached hydrogens (primary N) is 1. The molecule has 0 saturated carbocycles. The highest BCUT2D eigenvalue weighted by molar-refractivity contribution is 7.86. The molecule has 1 rings (SSSR count). The number of phenols is 2. The summed E-state index contributed by atoms with van der Waals surface area (Å²) < 4.78 is 31.2. The van der Waals surface area contributed by atoms with E-state index in [0.29, 0.717) is 0 Å². The molecule has 5 N–H and O–H groups in total. The fraction of sp³-hybridized carbons (Fsp3) is 0.222. The quantitative estimate of drug-likeness (QED) is 0.438. The molecule has 1 amide bonds. The van der Waals surface area contributed by atoms with E-state index in [-0.39, 0.29) is 11.1 Å². The van der Waals surface area contributed by atoms with Crippen LogP contribution in [-0.2, 0) is 10.1 Å². The second-order valence-corrected chi connectivity index (χ2v) is 4.85. The number of phenolic OH excluding ortho intramolecular Hbond substituents is 1. The van der Waals surface area contributed by atoms with Crippen LogP contribution in [0.5, 0.6) is 11.5 Å². The number of rotatable bonds is 2. The molecule has 0 spiro atoms. The monoisotopic (exact) mass is 261 g/mol. The highest BCUT2D eigenvalue weighted by Gasteiger charge is 2.27. The Morgan fingerprint density at radius 2 is 1.59 bits per heavy atom. The van der Waals surface area contributed by atoms with Gasteiger partial charge in [-0.2, -0.15) is 8.42 Å². The third-order valence-corrected chi connectivity index (χ3v) is 3.51. The third kappa shape index (κ3) is 2.04. The number of amides is 1.